The number of anilines is 1. The van der Waals surface area contributed by atoms with E-state index in [9.17, 15) is 13.5 Å². The second kappa shape index (κ2) is 7.89. The van der Waals surface area contributed by atoms with Crippen LogP contribution in [0.25, 0.3) is 0 Å². The van der Waals surface area contributed by atoms with Crippen LogP contribution in [0.5, 0.6) is 5.75 Å². The summed E-state index contributed by atoms with van der Waals surface area (Å²) in [7, 11) is -3.50. The molecule has 0 amide bonds. The van der Waals surface area contributed by atoms with Gasteiger partial charge in [-0.05, 0) is 42.0 Å². The van der Waals surface area contributed by atoms with Crippen LogP contribution >= 0.6 is 0 Å². The van der Waals surface area contributed by atoms with Crippen molar-refractivity contribution < 1.29 is 13.5 Å². The van der Waals surface area contributed by atoms with Crippen molar-refractivity contribution in [2.45, 2.75) is 18.7 Å². The highest BCUT2D eigenvalue weighted by molar-refractivity contribution is 7.89. The Morgan fingerprint density at radius 1 is 1.17 bits per heavy atom. The van der Waals surface area contributed by atoms with Gasteiger partial charge >= 0.3 is 0 Å². The standard InChI is InChI=1S/C16H20N4O3S/c1-3-20(4-2)24(22,23)15-9-10-16(17-12-15)19-18-11-13-5-7-14(21)8-6-13/h5-12,21H,3-4H2,1-2H3,(H,17,19)/b18-11+. The van der Waals surface area contributed by atoms with Gasteiger partial charge in [0.2, 0.25) is 10.0 Å². The lowest BCUT2D eigenvalue weighted by Crippen LogP contribution is -2.30. The van der Waals surface area contributed by atoms with E-state index in [0.29, 0.717) is 18.9 Å². The fourth-order valence-electron chi connectivity index (χ4n) is 2.04. The summed E-state index contributed by atoms with van der Waals surface area (Å²) in [5.74, 6) is 0.621. The summed E-state index contributed by atoms with van der Waals surface area (Å²) in [5, 5.41) is 13.2. The van der Waals surface area contributed by atoms with E-state index in [1.165, 1.54) is 16.6 Å². The average molecular weight is 348 g/mol. The highest BCUT2D eigenvalue weighted by Crippen LogP contribution is 2.16. The molecule has 24 heavy (non-hydrogen) atoms. The highest BCUT2D eigenvalue weighted by atomic mass is 32.2. The number of sulfonamides is 1. The molecule has 8 heteroatoms. The Balaban J connectivity index is 2.05. The van der Waals surface area contributed by atoms with E-state index in [0.717, 1.165) is 5.56 Å². The van der Waals surface area contributed by atoms with E-state index < -0.39 is 10.0 Å². The van der Waals surface area contributed by atoms with Crippen molar-refractivity contribution in [1.29, 1.82) is 0 Å². The number of hydrogen-bond donors (Lipinski definition) is 2. The smallest absolute Gasteiger partial charge is 0.244 e. The molecule has 0 spiro atoms. The lowest BCUT2D eigenvalue weighted by Gasteiger charge is -2.18. The van der Waals surface area contributed by atoms with Crippen molar-refractivity contribution in [3.05, 3.63) is 48.2 Å². The lowest BCUT2D eigenvalue weighted by molar-refractivity contribution is 0.445. The number of phenols is 1. The molecule has 2 rings (SSSR count). The first-order valence-corrected chi connectivity index (χ1v) is 8.95. The SMILES string of the molecule is CCN(CC)S(=O)(=O)c1ccc(N/N=C/c2ccc(O)cc2)nc1. The van der Waals surface area contributed by atoms with Crippen LogP contribution < -0.4 is 5.43 Å². The molecule has 2 aromatic rings. The van der Waals surface area contributed by atoms with Gasteiger partial charge in [-0.3, -0.25) is 5.43 Å². The number of hydrazone groups is 1. The number of aromatic nitrogens is 1. The number of nitrogens with zero attached hydrogens (tertiary/aromatic N) is 3. The second-order valence-corrected chi connectivity index (χ2v) is 6.87. The third-order valence-electron chi connectivity index (χ3n) is 3.37. The number of phenolic OH excluding ortho intramolecular Hbond substituents is 1. The molecule has 128 valence electrons. The van der Waals surface area contributed by atoms with E-state index in [4.69, 9.17) is 0 Å². The second-order valence-electron chi connectivity index (χ2n) is 4.93. The Bertz CT molecular complexity index is 783. The van der Waals surface area contributed by atoms with Gasteiger partial charge in [0.25, 0.3) is 0 Å². The van der Waals surface area contributed by atoms with Crippen molar-refractivity contribution in [2.24, 2.45) is 5.10 Å². The fraction of sp³-hybridized carbons (Fsp3) is 0.250. The number of benzene rings is 1. The number of pyridine rings is 1. The zero-order chi connectivity index (χ0) is 17.6. The van der Waals surface area contributed by atoms with Crippen LogP contribution in [0.15, 0.2) is 52.6 Å². The largest absolute Gasteiger partial charge is 0.508 e. The van der Waals surface area contributed by atoms with E-state index in [1.807, 2.05) is 0 Å². The van der Waals surface area contributed by atoms with Crippen molar-refractivity contribution in [3.8, 4) is 5.75 Å². The molecule has 0 saturated carbocycles. The van der Waals surface area contributed by atoms with Gasteiger partial charge in [-0.25, -0.2) is 13.4 Å². The molecule has 1 heterocycles. The van der Waals surface area contributed by atoms with Gasteiger partial charge in [0.15, 0.2) is 0 Å². The van der Waals surface area contributed by atoms with Gasteiger partial charge in [0.1, 0.15) is 16.5 Å². The van der Waals surface area contributed by atoms with Crippen LogP contribution in [-0.4, -0.2) is 42.1 Å². The molecular weight excluding hydrogens is 328 g/mol. The van der Waals surface area contributed by atoms with Crippen LogP contribution in [0.2, 0.25) is 0 Å². The predicted octanol–water partition coefficient (Wildman–Crippen LogP) is 2.26. The van der Waals surface area contributed by atoms with Gasteiger partial charge in [-0.1, -0.05) is 13.8 Å². The molecule has 2 N–H and O–H groups in total. The third kappa shape index (κ3) is 4.30. The van der Waals surface area contributed by atoms with Crippen LogP contribution in [-0.2, 0) is 10.0 Å². The van der Waals surface area contributed by atoms with Gasteiger partial charge < -0.3 is 5.11 Å². The number of nitrogens with one attached hydrogen (secondary N) is 1. The van der Waals surface area contributed by atoms with Crippen molar-refractivity contribution in [2.75, 3.05) is 18.5 Å². The topological polar surface area (TPSA) is 94.9 Å². The first-order valence-electron chi connectivity index (χ1n) is 7.51. The molecule has 0 bridgehead atoms. The van der Waals surface area contributed by atoms with Gasteiger partial charge in [0, 0.05) is 19.3 Å². The summed E-state index contributed by atoms with van der Waals surface area (Å²) in [6.07, 6.45) is 2.88. The average Bonchev–Trinajstić information content (AvgIpc) is 2.58. The van der Waals surface area contributed by atoms with Crippen molar-refractivity contribution in [1.82, 2.24) is 9.29 Å². The normalized spacial score (nSPS) is 12.0. The quantitative estimate of drug-likeness (QED) is 0.591. The molecule has 7 nitrogen and oxygen atoms in total. The number of aromatic hydroxyl groups is 1. The van der Waals surface area contributed by atoms with Crippen LogP contribution in [0.3, 0.4) is 0 Å². The molecule has 0 aliphatic heterocycles. The molecule has 0 fully saturated rings. The van der Waals surface area contributed by atoms with Crippen LogP contribution in [0.4, 0.5) is 5.82 Å². The van der Waals surface area contributed by atoms with Crippen molar-refractivity contribution in [3.63, 3.8) is 0 Å². The van der Waals surface area contributed by atoms with Crippen LogP contribution in [0.1, 0.15) is 19.4 Å². The minimum Gasteiger partial charge on any atom is -0.508 e. The zero-order valence-electron chi connectivity index (χ0n) is 13.5. The number of rotatable bonds is 7. The Hall–Kier alpha value is -2.45. The Labute approximate surface area is 141 Å². The predicted molar refractivity (Wildman–Crippen MR) is 93.7 cm³/mol. The minimum absolute atomic E-state index is 0.152. The van der Waals surface area contributed by atoms with E-state index >= 15 is 0 Å². The monoisotopic (exact) mass is 348 g/mol. The third-order valence-corrected chi connectivity index (χ3v) is 5.40. The maximum Gasteiger partial charge on any atom is 0.244 e. The van der Waals surface area contributed by atoms with Gasteiger partial charge in [-0.15, -0.1) is 0 Å². The molecular formula is C16H20N4O3S. The Kier molecular flexibility index (Phi) is 5.88. The van der Waals surface area contributed by atoms with Crippen molar-refractivity contribution >= 4 is 22.1 Å². The first-order chi connectivity index (χ1) is 11.5. The van der Waals surface area contributed by atoms with Gasteiger partial charge in [-0.2, -0.15) is 9.41 Å². The maximum absolute atomic E-state index is 12.3. The van der Waals surface area contributed by atoms with E-state index in [2.05, 4.69) is 15.5 Å². The first kappa shape index (κ1) is 17.9. The summed E-state index contributed by atoms with van der Waals surface area (Å²) < 4.78 is 26.1. The molecule has 0 radical (unpaired) electrons. The Morgan fingerprint density at radius 2 is 1.83 bits per heavy atom. The Morgan fingerprint density at radius 3 is 2.38 bits per heavy atom. The molecule has 1 aromatic carbocycles. The zero-order valence-corrected chi connectivity index (χ0v) is 14.4. The molecule has 0 unspecified atom stereocenters. The minimum atomic E-state index is -3.50. The lowest BCUT2D eigenvalue weighted by atomic mass is 10.2. The maximum atomic E-state index is 12.3. The molecule has 0 atom stereocenters. The van der Waals surface area contributed by atoms with E-state index in [1.54, 1.807) is 50.4 Å². The van der Waals surface area contributed by atoms with E-state index in [-0.39, 0.29) is 10.6 Å². The fourth-order valence-corrected chi connectivity index (χ4v) is 3.45. The van der Waals surface area contributed by atoms with Gasteiger partial charge in [0.05, 0.1) is 6.21 Å². The molecule has 0 aliphatic rings. The number of hydrogen-bond acceptors (Lipinski definition) is 6. The molecule has 0 saturated heterocycles. The molecule has 0 aliphatic carbocycles. The summed E-state index contributed by atoms with van der Waals surface area (Å²) in [6, 6.07) is 9.62. The summed E-state index contributed by atoms with van der Waals surface area (Å²) in [5.41, 5.74) is 3.54. The molecule has 1 aromatic heterocycles. The summed E-state index contributed by atoms with van der Waals surface area (Å²) >= 11 is 0. The van der Waals surface area contributed by atoms with Crippen LogP contribution in [0, 0.1) is 0 Å². The summed E-state index contributed by atoms with van der Waals surface area (Å²) in [4.78, 5) is 4.22. The summed E-state index contributed by atoms with van der Waals surface area (Å²) in [6.45, 7) is 4.41. The highest BCUT2D eigenvalue weighted by Gasteiger charge is 2.21.